The maximum absolute atomic E-state index is 12.4. The van der Waals surface area contributed by atoms with Crippen molar-refractivity contribution in [1.29, 1.82) is 0 Å². The first kappa shape index (κ1) is 27.4. The lowest BCUT2D eigenvalue weighted by atomic mass is 10.0. The molecule has 0 unspecified atom stereocenters. The summed E-state index contributed by atoms with van der Waals surface area (Å²) in [5.41, 5.74) is 3.93. The Hall–Kier alpha value is -3.66. The fraction of sp³-hybridized carbons (Fsp3) is 0.321. The third-order valence-electron chi connectivity index (χ3n) is 6.28. The van der Waals surface area contributed by atoms with E-state index in [4.69, 9.17) is 16.3 Å². The zero-order valence-electron chi connectivity index (χ0n) is 21.2. The number of hydrogen-bond acceptors (Lipinski definition) is 8. The van der Waals surface area contributed by atoms with Crippen LogP contribution in [0, 0.1) is 0 Å². The van der Waals surface area contributed by atoms with Gasteiger partial charge in [0.2, 0.25) is 11.9 Å². The molecule has 0 atom stereocenters. The van der Waals surface area contributed by atoms with E-state index in [1.165, 1.54) is 0 Å². The normalized spacial score (nSPS) is 13.8. The van der Waals surface area contributed by atoms with Crippen LogP contribution in [0.3, 0.4) is 0 Å². The molecule has 0 bridgehead atoms. The van der Waals surface area contributed by atoms with Gasteiger partial charge < -0.3 is 15.4 Å². The third kappa shape index (κ3) is 7.44. The van der Waals surface area contributed by atoms with Crippen molar-refractivity contribution < 1.29 is 19.1 Å². The van der Waals surface area contributed by atoms with Crippen molar-refractivity contribution in [2.24, 2.45) is 0 Å². The van der Waals surface area contributed by atoms with E-state index < -0.39 is 0 Å². The lowest BCUT2D eigenvalue weighted by molar-refractivity contribution is -0.122. The Morgan fingerprint density at radius 2 is 1.97 bits per heavy atom. The molecule has 1 aromatic heterocycles. The van der Waals surface area contributed by atoms with Crippen molar-refractivity contribution in [1.82, 2.24) is 20.2 Å². The van der Waals surface area contributed by atoms with Gasteiger partial charge in [-0.15, -0.1) is 0 Å². The van der Waals surface area contributed by atoms with E-state index in [9.17, 15) is 14.4 Å². The second-order valence-corrected chi connectivity index (χ2v) is 9.67. The molecule has 2 heterocycles. The molecule has 1 fully saturated rings. The number of aromatic nitrogens is 2. The maximum atomic E-state index is 12.4. The number of carbonyl (C=O) groups excluding carboxylic acids is 3. The molecule has 0 radical (unpaired) electrons. The average Bonchev–Trinajstić information content (AvgIpc) is 2.94. The highest BCUT2D eigenvalue weighted by Gasteiger charge is 2.17. The number of ether oxygens (including phenoxy) is 1. The molecule has 1 aliphatic rings. The summed E-state index contributed by atoms with van der Waals surface area (Å²) in [6.45, 7) is 2.28. The van der Waals surface area contributed by atoms with Crippen molar-refractivity contribution in [3.05, 3.63) is 75.9 Å². The van der Waals surface area contributed by atoms with Gasteiger partial charge in [-0.2, -0.15) is 0 Å². The van der Waals surface area contributed by atoms with Gasteiger partial charge in [-0.1, -0.05) is 41.9 Å². The van der Waals surface area contributed by atoms with Crippen molar-refractivity contribution in [3.8, 4) is 11.3 Å². The molecule has 0 saturated carbocycles. The van der Waals surface area contributed by atoms with Gasteiger partial charge in [0.05, 0.1) is 23.5 Å². The third-order valence-corrected chi connectivity index (χ3v) is 6.55. The summed E-state index contributed by atoms with van der Waals surface area (Å²) in [5, 5.41) is 6.59. The molecule has 0 spiro atoms. The molecular formula is C28H30ClN5O4. The van der Waals surface area contributed by atoms with Gasteiger partial charge in [0.15, 0.2) is 0 Å². The lowest BCUT2D eigenvalue weighted by Gasteiger charge is -2.23. The number of nitrogens with one attached hydrogen (secondary N) is 2. The van der Waals surface area contributed by atoms with Gasteiger partial charge in [0.1, 0.15) is 12.6 Å². The van der Waals surface area contributed by atoms with Gasteiger partial charge >= 0.3 is 0 Å². The second kappa shape index (κ2) is 13.2. The summed E-state index contributed by atoms with van der Waals surface area (Å²) >= 11 is 6.41. The Bertz CT molecular complexity index is 1300. The minimum atomic E-state index is -0.161. The first-order valence-corrected chi connectivity index (χ1v) is 12.8. The first-order chi connectivity index (χ1) is 18.4. The molecule has 38 heavy (non-hydrogen) atoms. The molecule has 3 aromatic rings. The van der Waals surface area contributed by atoms with Gasteiger partial charge in [-0.3, -0.25) is 19.3 Å². The SMILES string of the molecule is CN(CC(=O)NCc1cccc(C=O)c1)Cc1ccc(-c2nc(NC3CCOCC3)ncc2Cl)cc1C=O. The van der Waals surface area contributed by atoms with Crippen molar-refractivity contribution in [2.75, 3.05) is 32.1 Å². The number of carbonyl (C=O) groups is 3. The van der Waals surface area contributed by atoms with Crippen LogP contribution in [0.25, 0.3) is 11.3 Å². The van der Waals surface area contributed by atoms with E-state index in [1.807, 2.05) is 30.1 Å². The van der Waals surface area contributed by atoms with Crippen LogP contribution in [-0.4, -0.2) is 66.2 Å². The number of nitrogens with zero attached hydrogens (tertiary/aromatic N) is 3. The Kier molecular flexibility index (Phi) is 9.53. The number of likely N-dealkylation sites (N-methyl/N-ethyl adjacent to an activating group) is 1. The van der Waals surface area contributed by atoms with Gasteiger partial charge in [0, 0.05) is 49.0 Å². The molecule has 2 N–H and O–H groups in total. The average molecular weight is 536 g/mol. The number of halogens is 1. The molecule has 4 rings (SSSR count). The van der Waals surface area contributed by atoms with E-state index >= 15 is 0 Å². The van der Waals surface area contributed by atoms with Crippen LogP contribution in [0.1, 0.15) is 44.7 Å². The Labute approximate surface area is 226 Å². The predicted octanol–water partition coefficient (Wildman–Crippen LogP) is 3.76. The molecule has 2 aromatic carbocycles. The topological polar surface area (TPSA) is 114 Å². The number of benzene rings is 2. The van der Waals surface area contributed by atoms with Crippen LogP contribution in [0.5, 0.6) is 0 Å². The van der Waals surface area contributed by atoms with Gasteiger partial charge in [0.25, 0.3) is 0 Å². The van der Waals surface area contributed by atoms with E-state index in [0.29, 0.717) is 59.7 Å². The minimum absolute atomic E-state index is 0.145. The second-order valence-electron chi connectivity index (χ2n) is 9.26. The molecular weight excluding hydrogens is 506 g/mol. The fourth-order valence-corrected chi connectivity index (χ4v) is 4.48. The number of hydrogen-bond donors (Lipinski definition) is 2. The minimum Gasteiger partial charge on any atom is -0.381 e. The van der Waals surface area contributed by atoms with Crippen molar-refractivity contribution in [3.63, 3.8) is 0 Å². The van der Waals surface area contributed by atoms with Crippen LogP contribution in [0.4, 0.5) is 5.95 Å². The highest BCUT2D eigenvalue weighted by molar-refractivity contribution is 6.32. The van der Waals surface area contributed by atoms with Gasteiger partial charge in [-0.25, -0.2) is 9.97 Å². The van der Waals surface area contributed by atoms with Crippen LogP contribution in [0.2, 0.25) is 5.02 Å². The summed E-state index contributed by atoms with van der Waals surface area (Å²) in [6.07, 6.45) is 4.88. The summed E-state index contributed by atoms with van der Waals surface area (Å²) in [7, 11) is 1.81. The van der Waals surface area contributed by atoms with Crippen LogP contribution < -0.4 is 10.6 Å². The monoisotopic (exact) mass is 535 g/mol. The zero-order chi connectivity index (χ0) is 26.9. The van der Waals surface area contributed by atoms with Crippen LogP contribution in [-0.2, 0) is 22.6 Å². The Morgan fingerprint density at radius 3 is 2.74 bits per heavy atom. The number of anilines is 1. The summed E-state index contributed by atoms with van der Waals surface area (Å²) < 4.78 is 5.40. The molecule has 1 amide bonds. The first-order valence-electron chi connectivity index (χ1n) is 12.4. The van der Waals surface area contributed by atoms with Crippen molar-refractivity contribution in [2.45, 2.75) is 32.0 Å². The summed E-state index contributed by atoms with van der Waals surface area (Å²) in [4.78, 5) is 46.0. The quantitative estimate of drug-likeness (QED) is 0.357. The molecule has 1 saturated heterocycles. The number of aldehydes is 2. The highest BCUT2D eigenvalue weighted by atomic mass is 35.5. The fourth-order valence-electron chi connectivity index (χ4n) is 4.28. The van der Waals surface area contributed by atoms with Gasteiger partial charge in [-0.05, 0) is 43.1 Å². The van der Waals surface area contributed by atoms with Crippen LogP contribution in [0.15, 0.2) is 48.7 Å². The number of rotatable bonds is 11. The summed E-state index contributed by atoms with van der Waals surface area (Å²) in [5.74, 6) is 0.322. The van der Waals surface area contributed by atoms with E-state index in [0.717, 1.165) is 36.5 Å². The smallest absolute Gasteiger partial charge is 0.234 e. The highest BCUT2D eigenvalue weighted by Crippen LogP contribution is 2.28. The maximum Gasteiger partial charge on any atom is 0.234 e. The molecule has 198 valence electrons. The largest absolute Gasteiger partial charge is 0.381 e. The standard InChI is InChI=1S/C28H30ClN5O4/c1-34(16-26(37)30-13-19-3-2-4-20(11-19)17-35)15-22-6-5-21(12-23(22)18-36)27-25(29)14-31-28(33-27)32-24-7-9-38-10-8-24/h2-6,11-12,14,17-18,24H,7-10,13,15-16H2,1H3,(H,30,37)(H,31,32,33). The predicted molar refractivity (Wildman–Crippen MR) is 145 cm³/mol. The van der Waals surface area contributed by atoms with E-state index in [1.54, 1.807) is 30.5 Å². The molecule has 10 heteroatoms. The molecule has 0 aliphatic carbocycles. The summed E-state index contributed by atoms with van der Waals surface area (Å²) in [6, 6.07) is 12.8. The zero-order valence-corrected chi connectivity index (χ0v) is 21.9. The Balaban J connectivity index is 1.39. The molecule has 1 aliphatic heterocycles. The van der Waals surface area contributed by atoms with Crippen molar-refractivity contribution >= 4 is 36.0 Å². The van der Waals surface area contributed by atoms with E-state index in [2.05, 4.69) is 20.6 Å². The molecule has 9 nitrogen and oxygen atoms in total. The van der Waals surface area contributed by atoms with Crippen LogP contribution >= 0.6 is 11.6 Å². The Morgan fingerprint density at radius 1 is 1.16 bits per heavy atom. The number of amides is 1. The lowest BCUT2D eigenvalue weighted by Crippen LogP contribution is -2.34. The van der Waals surface area contributed by atoms with E-state index in [-0.39, 0.29) is 18.5 Å².